The first-order valence-corrected chi connectivity index (χ1v) is 7.50. The summed E-state index contributed by atoms with van der Waals surface area (Å²) in [6, 6.07) is 8.44. The van der Waals surface area contributed by atoms with Crippen LogP contribution in [0.2, 0.25) is 0 Å². The number of fused-ring (bicyclic) bond motifs is 2. The Morgan fingerprint density at radius 1 is 1.29 bits per heavy atom. The molecule has 4 heteroatoms. The minimum Gasteiger partial charge on any atom is -0.469 e. The zero-order valence-corrected chi connectivity index (χ0v) is 12.5. The largest absolute Gasteiger partial charge is 0.469 e. The highest BCUT2D eigenvalue weighted by molar-refractivity contribution is 5.76. The second kappa shape index (κ2) is 5.60. The average Bonchev–Trinajstić information content (AvgIpc) is 2.76. The number of ether oxygens (including phenoxy) is 1. The van der Waals surface area contributed by atoms with E-state index >= 15 is 0 Å². The van der Waals surface area contributed by atoms with Crippen LogP contribution in [0, 0.1) is 5.92 Å². The molecule has 2 saturated heterocycles. The molecule has 2 aliphatic rings. The van der Waals surface area contributed by atoms with Crippen molar-refractivity contribution in [2.24, 2.45) is 5.92 Å². The van der Waals surface area contributed by atoms with Crippen molar-refractivity contribution in [1.82, 2.24) is 4.90 Å². The third-order valence-corrected chi connectivity index (χ3v) is 5.24. The van der Waals surface area contributed by atoms with Crippen molar-refractivity contribution >= 4 is 12.3 Å². The van der Waals surface area contributed by atoms with Gasteiger partial charge < -0.3 is 4.74 Å². The summed E-state index contributed by atoms with van der Waals surface area (Å²) in [6.45, 7) is 0. The van der Waals surface area contributed by atoms with Crippen LogP contribution in [-0.2, 0) is 9.53 Å². The smallest absolute Gasteiger partial charge is 0.310 e. The number of benzene rings is 1. The lowest BCUT2D eigenvalue weighted by Gasteiger charge is -2.41. The number of aldehydes is 1. The van der Waals surface area contributed by atoms with Gasteiger partial charge in [-0.1, -0.05) is 24.3 Å². The molecule has 1 aromatic carbocycles. The van der Waals surface area contributed by atoms with E-state index in [9.17, 15) is 9.59 Å². The van der Waals surface area contributed by atoms with Crippen molar-refractivity contribution in [2.45, 2.75) is 37.3 Å². The molecule has 2 fully saturated rings. The van der Waals surface area contributed by atoms with Gasteiger partial charge in [0.05, 0.1) is 13.0 Å². The number of piperidine rings is 1. The van der Waals surface area contributed by atoms with Gasteiger partial charge in [0.2, 0.25) is 0 Å². The summed E-state index contributed by atoms with van der Waals surface area (Å²) >= 11 is 0. The number of methoxy groups -OCH3 is 1. The fourth-order valence-electron chi connectivity index (χ4n) is 4.09. The lowest BCUT2D eigenvalue weighted by atomic mass is 9.76. The monoisotopic (exact) mass is 287 g/mol. The maximum absolute atomic E-state index is 12.3. The predicted octanol–water partition coefficient (Wildman–Crippen LogP) is 2.24. The number of carbonyl (C=O) groups excluding carboxylic acids is 2. The Bertz CT molecular complexity index is 539. The van der Waals surface area contributed by atoms with E-state index in [4.69, 9.17) is 4.74 Å². The molecule has 0 spiro atoms. The molecule has 112 valence electrons. The van der Waals surface area contributed by atoms with E-state index in [-0.39, 0.29) is 23.8 Å². The Morgan fingerprint density at radius 3 is 2.62 bits per heavy atom. The van der Waals surface area contributed by atoms with Gasteiger partial charge in [0.25, 0.3) is 0 Å². The Balaban J connectivity index is 1.94. The molecule has 0 N–H and O–H groups in total. The average molecular weight is 287 g/mol. The van der Waals surface area contributed by atoms with Gasteiger partial charge in [0, 0.05) is 23.6 Å². The van der Waals surface area contributed by atoms with E-state index in [0.717, 1.165) is 31.1 Å². The van der Waals surface area contributed by atoms with E-state index in [1.807, 2.05) is 24.3 Å². The molecular weight excluding hydrogens is 266 g/mol. The molecule has 4 unspecified atom stereocenters. The molecule has 4 atom stereocenters. The van der Waals surface area contributed by atoms with Gasteiger partial charge in [0.15, 0.2) is 0 Å². The maximum Gasteiger partial charge on any atom is 0.310 e. The molecule has 1 aromatic rings. The SMILES string of the molecule is COC(=O)C1C(c2ccc(C=O)cc2)CC2CCC1N2C. The highest BCUT2D eigenvalue weighted by Crippen LogP contribution is 2.46. The normalized spacial score (nSPS) is 31.9. The van der Waals surface area contributed by atoms with Crippen molar-refractivity contribution in [2.75, 3.05) is 14.2 Å². The standard InChI is InChI=1S/C17H21NO3/c1-18-13-7-8-15(18)16(17(20)21-2)14(9-13)12-5-3-11(10-19)4-6-12/h3-6,10,13-16H,7-9H2,1-2H3. The van der Waals surface area contributed by atoms with Gasteiger partial charge in [-0.15, -0.1) is 0 Å². The molecule has 0 saturated carbocycles. The van der Waals surface area contributed by atoms with Crippen LogP contribution in [0.15, 0.2) is 24.3 Å². The Hall–Kier alpha value is -1.68. The van der Waals surface area contributed by atoms with Gasteiger partial charge in [-0.2, -0.15) is 0 Å². The van der Waals surface area contributed by atoms with Gasteiger partial charge in [-0.05, 0) is 31.9 Å². The number of hydrogen-bond acceptors (Lipinski definition) is 4. The van der Waals surface area contributed by atoms with E-state index < -0.39 is 0 Å². The lowest BCUT2D eigenvalue weighted by Crippen LogP contribution is -2.49. The number of esters is 1. The van der Waals surface area contributed by atoms with Crippen LogP contribution in [0.4, 0.5) is 0 Å². The van der Waals surface area contributed by atoms with Crippen LogP contribution in [0.5, 0.6) is 0 Å². The summed E-state index contributed by atoms with van der Waals surface area (Å²) in [5.41, 5.74) is 1.81. The quantitative estimate of drug-likeness (QED) is 0.632. The van der Waals surface area contributed by atoms with Gasteiger partial charge in [0.1, 0.15) is 6.29 Å². The highest BCUT2D eigenvalue weighted by atomic mass is 16.5. The van der Waals surface area contributed by atoms with E-state index in [2.05, 4.69) is 11.9 Å². The molecule has 0 amide bonds. The maximum atomic E-state index is 12.3. The van der Waals surface area contributed by atoms with Crippen molar-refractivity contribution in [3.8, 4) is 0 Å². The molecule has 0 radical (unpaired) electrons. The topological polar surface area (TPSA) is 46.6 Å². The molecule has 21 heavy (non-hydrogen) atoms. The number of nitrogens with zero attached hydrogens (tertiary/aromatic N) is 1. The summed E-state index contributed by atoms with van der Waals surface area (Å²) in [5, 5.41) is 0. The number of carbonyl (C=O) groups is 2. The first-order valence-electron chi connectivity index (χ1n) is 7.50. The van der Waals surface area contributed by atoms with Crippen LogP contribution in [0.25, 0.3) is 0 Å². The third-order valence-electron chi connectivity index (χ3n) is 5.24. The number of hydrogen-bond donors (Lipinski definition) is 0. The summed E-state index contributed by atoms with van der Waals surface area (Å²) in [5.74, 6) is -0.0376. The van der Waals surface area contributed by atoms with Gasteiger partial charge in [-0.25, -0.2) is 0 Å². The zero-order valence-electron chi connectivity index (χ0n) is 12.5. The van der Waals surface area contributed by atoms with Crippen LogP contribution in [0.1, 0.15) is 41.1 Å². The minimum absolute atomic E-state index is 0.110. The van der Waals surface area contributed by atoms with Crippen molar-refractivity contribution in [1.29, 1.82) is 0 Å². The second-order valence-corrected chi connectivity index (χ2v) is 6.14. The third kappa shape index (κ3) is 2.38. The molecule has 3 rings (SSSR count). The van der Waals surface area contributed by atoms with E-state index in [1.54, 1.807) is 0 Å². The van der Waals surface area contributed by atoms with E-state index in [0.29, 0.717) is 11.6 Å². The van der Waals surface area contributed by atoms with Crippen molar-refractivity contribution in [3.63, 3.8) is 0 Å². The molecule has 2 aliphatic heterocycles. The van der Waals surface area contributed by atoms with Gasteiger partial charge >= 0.3 is 5.97 Å². The summed E-state index contributed by atoms with van der Waals surface area (Å²) < 4.78 is 5.06. The van der Waals surface area contributed by atoms with Crippen LogP contribution >= 0.6 is 0 Å². The fourth-order valence-corrected chi connectivity index (χ4v) is 4.09. The molecule has 2 heterocycles. The van der Waals surface area contributed by atoms with Crippen LogP contribution in [0.3, 0.4) is 0 Å². The van der Waals surface area contributed by atoms with E-state index in [1.165, 1.54) is 7.11 Å². The van der Waals surface area contributed by atoms with Gasteiger partial charge in [-0.3, -0.25) is 14.5 Å². The van der Waals surface area contributed by atoms with Crippen molar-refractivity contribution < 1.29 is 14.3 Å². The van der Waals surface area contributed by atoms with Crippen LogP contribution in [-0.4, -0.2) is 43.4 Å². The Kier molecular flexibility index (Phi) is 3.81. The molecular formula is C17H21NO3. The molecule has 0 aromatic heterocycles. The predicted molar refractivity (Wildman–Crippen MR) is 79.3 cm³/mol. The molecule has 0 aliphatic carbocycles. The Labute approximate surface area is 125 Å². The summed E-state index contributed by atoms with van der Waals surface area (Å²) in [7, 11) is 3.58. The summed E-state index contributed by atoms with van der Waals surface area (Å²) in [4.78, 5) is 25.4. The molecule has 4 nitrogen and oxygen atoms in total. The first kappa shape index (κ1) is 14.3. The fraction of sp³-hybridized carbons (Fsp3) is 0.529. The summed E-state index contributed by atoms with van der Waals surface area (Å²) in [6.07, 6.45) is 4.04. The number of rotatable bonds is 3. The Morgan fingerprint density at radius 2 is 2.00 bits per heavy atom. The van der Waals surface area contributed by atoms with Crippen LogP contribution < -0.4 is 0 Å². The first-order chi connectivity index (χ1) is 10.2. The van der Waals surface area contributed by atoms with Crippen molar-refractivity contribution in [3.05, 3.63) is 35.4 Å². The lowest BCUT2D eigenvalue weighted by molar-refractivity contribution is -0.150. The molecule has 2 bridgehead atoms. The zero-order chi connectivity index (χ0) is 15.0. The second-order valence-electron chi connectivity index (χ2n) is 6.14. The minimum atomic E-state index is -0.114. The highest BCUT2D eigenvalue weighted by Gasteiger charge is 2.49.